The molecule has 1 saturated heterocycles. The lowest BCUT2D eigenvalue weighted by molar-refractivity contribution is -0.150. The first-order valence-corrected chi connectivity index (χ1v) is 13.9. The summed E-state index contributed by atoms with van der Waals surface area (Å²) < 4.78 is 32.7. The van der Waals surface area contributed by atoms with Gasteiger partial charge in [0.25, 0.3) is 5.91 Å². The van der Waals surface area contributed by atoms with Crippen molar-refractivity contribution in [3.63, 3.8) is 0 Å². The van der Waals surface area contributed by atoms with Gasteiger partial charge in [-0.1, -0.05) is 90.4 Å². The number of nitrogens with zero attached hydrogens (tertiary/aromatic N) is 1. The van der Waals surface area contributed by atoms with Crippen molar-refractivity contribution in [2.45, 2.75) is 110 Å². The second kappa shape index (κ2) is 17.4. The molecule has 0 atom stereocenters. The molecular formula is C29H45F2NO3. The smallest absolute Gasteiger partial charge is 0.309 e. The highest BCUT2D eigenvalue weighted by Gasteiger charge is 2.29. The summed E-state index contributed by atoms with van der Waals surface area (Å²) >= 11 is 0. The molecule has 1 amide bonds. The van der Waals surface area contributed by atoms with Crippen molar-refractivity contribution in [2.24, 2.45) is 5.92 Å². The van der Waals surface area contributed by atoms with Crippen LogP contribution in [0.15, 0.2) is 18.2 Å². The molecule has 6 heteroatoms. The van der Waals surface area contributed by atoms with Crippen molar-refractivity contribution in [1.29, 1.82) is 0 Å². The summed E-state index contributed by atoms with van der Waals surface area (Å²) in [6.07, 6.45) is 19.0. The number of esters is 1. The summed E-state index contributed by atoms with van der Waals surface area (Å²) in [6, 6.07) is 2.88. The summed E-state index contributed by atoms with van der Waals surface area (Å²) in [7, 11) is 0. The Morgan fingerprint density at radius 2 is 1.34 bits per heavy atom. The molecule has 1 heterocycles. The third-order valence-electron chi connectivity index (χ3n) is 7.02. The molecule has 1 fully saturated rings. The molecule has 35 heavy (non-hydrogen) atoms. The highest BCUT2D eigenvalue weighted by atomic mass is 19.1. The van der Waals surface area contributed by atoms with Crippen LogP contribution in [0.3, 0.4) is 0 Å². The third kappa shape index (κ3) is 11.5. The van der Waals surface area contributed by atoms with Crippen LogP contribution in [0.25, 0.3) is 0 Å². The maximum absolute atomic E-state index is 13.9. The molecular weight excluding hydrogens is 448 g/mol. The zero-order valence-corrected chi connectivity index (χ0v) is 21.7. The fraction of sp³-hybridized carbons (Fsp3) is 0.724. The van der Waals surface area contributed by atoms with E-state index in [1.807, 2.05) is 0 Å². The van der Waals surface area contributed by atoms with Gasteiger partial charge in [0.05, 0.1) is 18.1 Å². The molecule has 1 aliphatic heterocycles. The van der Waals surface area contributed by atoms with Crippen LogP contribution < -0.4 is 0 Å². The molecule has 4 nitrogen and oxygen atoms in total. The average Bonchev–Trinajstić information content (AvgIpc) is 2.87. The van der Waals surface area contributed by atoms with E-state index in [1.165, 1.54) is 81.9 Å². The molecule has 0 aromatic heterocycles. The number of benzene rings is 1. The minimum atomic E-state index is -0.730. The number of hydrogen-bond donors (Lipinski definition) is 0. The van der Waals surface area contributed by atoms with E-state index in [0.29, 0.717) is 32.5 Å². The van der Waals surface area contributed by atoms with Crippen LogP contribution in [0.1, 0.15) is 120 Å². The number of unbranched alkanes of at least 4 members (excludes halogenated alkanes) is 13. The Hall–Kier alpha value is -1.98. The molecule has 0 N–H and O–H groups in total. The number of carbonyl (C=O) groups is 2. The van der Waals surface area contributed by atoms with Gasteiger partial charge in [-0.3, -0.25) is 9.59 Å². The number of likely N-dealkylation sites (tertiary alicyclic amines) is 1. The number of ether oxygens (including phenoxy) is 1. The predicted molar refractivity (Wildman–Crippen MR) is 136 cm³/mol. The molecule has 2 rings (SSSR count). The van der Waals surface area contributed by atoms with Crippen LogP contribution in [-0.4, -0.2) is 36.5 Å². The molecule has 0 aliphatic carbocycles. The molecule has 0 unspecified atom stereocenters. The molecule has 1 aromatic rings. The molecule has 0 saturated carbocycles. The van der Waals surface area contributed by atoms with Crippen molar-refractivity contribution in [3.8, 4) is 0 Å². The molecule has 0 radical (unpaired) electrons. The number of carbonyl (C=O) groups excluding carboxylic acids is 2. The summed E-state index contributed by atoms with van der Waals surface area (Å²) in [4.78, 5) is 26.3. The fourth-order valence-corrected chi connectivity index (χ4v) is 4.74. The Morgan fingerprint density at radius 3 is 1.89 bits per heavy atom. The van der Waals surface area contributed by atoms with E-state index in [9.17, 15) is 18.4 Å². The predicted octanol–water partition coefficient (Wildman–Crippen LogP) is 7.84. The van der Waals surface area contributed by atoms with Crippen molar-refractivity contribution >= 4 is 11.9 Å². The van der Waals surface area contributed by atoms with E-state index in [1.54, 1.807) is 0 Å². The lowest BCUT2D eigenvalue weighted by Gasteiger charge is -2.31. The molecule has 0 spiro atoms. The lowest BCUT2D eigenvalue weighted by atomic mass is 9.96. The van der Waals surface area contributed by atoms with E-state index in [0.717, 1.165) is 31.0 Å². The summed E-state index contributed by atoms with van der Waals surface area (Å²) in [5.41, 5.74) is -0.260. The monoisotopic (exact) mass is 493 g/mol. The van der Waals surface area contributed by atoms with Gasteiger partial charge in [-0.05, 0) is 37.5 Å². The first-order valence-electron chi connectivity index (χ1n) is 13.9. The second-order valence-electron chi connectivity index (χ2n) is 9.95. The van der Waals surface area contributed by atoms with Gasteiger partial charge in [0.2, 0.25) is 0 Å². The first kappa shape index (κ1) is 29.3. The fourth-order valence-electron chi connectivity index (χ4n) is 4.74. The molecule has 198 valence electrons. The zero-order chi connectivity index (χ0) is 25.3. The third-order valence-corrected chi connectivity index (χ3v) is 7.02. The van der Waals surface area contributed by atoms with E-state index < -0.39 is 17.5 Å². The van der Waals surface area contributed by atoms with Crippen molar-refractivity contribution in [1.82, 2.24) is 4.90 Å². The largest absolute Gasteiger partial charge is 0.465 e. The highest BCUT2D eigenvalue weighted by Crippen LogP contribution is 2.22. The van der Waals surface area contributed by atoms with Crippen LogP contribution >= 0.6 is 0 Å². The second-order valence-corrected chi connectivity index (χ2v) is 9.95. The van der Waals surface area contributed by atoms with Gasteiger partial charge in [0.15, 0.2) is 0 Å². The lowest BCUT2D eigenvalue weighted by Crippen LogP contribution is -2.41. The Morgan fingerprint density at radius 1 is 0.829 bits per heavy atom. The van der Waals surface area contributed by atoms with Gasteiger partial charge in [0, 0.05) is 13.1 Å². The molecule has 1 aromatic carbocycles. The quantitative estimate of drug-likeness (QED) is 0.164. The number of amides is 1. The van der Waals surface area contributed by atoms with Crippen LogP contribution in [0.5, 0.6) is 0 Å². The van der Waals surface area contributed by atoms with Gasteiger partial charge in [-0.15, -0.1) is 0 Å². The van der Waals surface area contributed by atoms with Gasteiger partial charge in [-0.2, -0.15) is 0 Å². The zero-order valence-electron chi connectivity index (χ0n) is 21.7. The number of hydrogen-bond acceptors (Lipinski definition) is 3. The van der Waals surface area contributed by atoms with Gasteiger partial charge >= 0.3 is 5.97 Å². The number of halogens is 2. The topological polar surface area (TPSA) is 46.6 Å². The first-order chi connectivity index (χ1) is 17.0. The van der Waals surface area contributed by atoms with E-state index in [-0.39, 0.29) is 17.5 Å². The maximum atomic E-state index is 13.9. The SMILES string of the molecule is CCCCCCCCCCCCCCCCOC(=O)C1CCN(C(=O)c2cc(F)ccc2F)CC1. The van der Waals surface area contributed by atoms with Crippen LogP contribution in [0.2, 0.25) is 0 Å². The standard InChI is InChI=1S/C29H45F2NO3/c1-2-3-4-5-6-7-8-9-10-11-12-13-14-15-22-35-29(34)24-18-20-32(21-19-24)28(33)26-23-25(30)16-17-27(26)31/h16-17,23-24H,2-15,18-22H2,1H3. The molecule has 1 aliphatic rings. The van der Waals surface area contributed by atoms with E-state index >= 15 is 0 Å². The number of piperidine rings is 1. The number of rotatable bonds is 17. The van der Waals surface area contributed by atoms with Crippen molar-refractivity contribution < 1.29 is 23.1 Å². The highest BCUT2D eigenvalue weighted by molar-refractivity contribution is 5.94. The Kier molecular flexibility index (Phi) is 14.6. The van der Waals surface area contributed by atoms with Crippen LogP contribution in [0, 0.1) is 17.6 Å². The van der Waals surface area contributed by atoms with E-state index in [2.05, 4.69) is 6.92 Å². The van der Waals surface area contributed by atoms with Gasteiger partial charge in [-0.25, -0.2) is 8.78 Å². The summed E-state index contributed by atoms with van der Waals surface area (Å²) in [5.74, 6) is -2.34. The minimum Gasteiger partial charge on any atom is -0.465 e. The molecule has 0 bridgehead atoms. The summed E-state index contributed by atoms with van der Waals surface area (Å²) in [6.45, 7) is 3.39. The van der Waals surface area contributed by atoms with E-state index in [4.69, 9.17) is 4.74 Å². The van der Waals surface area contributed by atoms with Gasteiger partial charge in [0.1, 0.15) is 11.6 Å². The Balaban J connectivity index is 1.45. The Bertz CT molecular complexity index is 747. The van der Waals surface area contributed by atoms with Crippen molar-refractivity contribution in [2.75, 3.05) is 19.7 Å². The van der Waals surface area contributed by atoms with Gasteiger partial charge < -0.3 is 9.64 Å². The van der Waals surface area contributed by atoms with Crippen LogP contribution in [-0.2, 0) is 9.53 Å². The normalized spacial score (nSPS) is 14.3. The maximum Gasteiger partial charge on any atom is 0.309 e. The summed E-state index contributed by atoms with van der Waals surface area (Å²) in [5, 5.41) is 0. The minimum absolute atomic E-state index is 0.205. The average molecular weight is 494 g/mol. The Labute approximate surface area is 210 Å². The van der Waals surface area contributed by atoms with Crippen LogP contribution in [0.4, 0.5) is 8.78 Å². The van der Waals surface area contributed by atoms with Crippen molar-refractivity contribution in [3.05, 3.63) is 35.4 Å².